The molecule has 0 nitrogen and oxygen atoms in total. The minimum absolute atomic E-state index is 0. The monoisotopic (exact) mass is 817 g/mol. The predicted octanol–water partition coefficient (Wildman–Crippen LogP) is 12.8. The molecule has 250 valence electrons. The van der Waals surface area contributed by atoms with Gasteiger partial charge in [-0.1, -0.05) is 116 Å². The summed E-state index contributed by atoms with van der Waals surface area (Å²) in [6.45, 7) is 15.9. The van der Waals surface area contributed by atoms with E-state index in [9.17, 15) is 0 Å². The Bertz CT molecular complexity index is 850. The van der Waals surface area contributed by atoms with Gasteiger partial charge in [0.1, 0.15) is 0 Å². The normalized spacial score (nSPS) is 9.70. The smallest absolute Gasteiger partial charge is 0.366 e. The standard InChI is InChI=1S/2C12H27P.C9H7.C8H5.Pt/c2*1-4-7-10-13(11-8-5-2)12-9-6-3;1-3-9-6-4-5-8(2)7-9;1-2-8-6-4-3-5-7-8;/h2*4-12H2,1-3H3;4-7H,2H3;3-7H;/q;;2*-1;+2/p+2. The zero-order valence-corrected chi connectivity index (χ0v) is 34.0. The van der Waals surface area contributed by atoms with E-state index in [1.54, 1.807) is 37.0 Å². The Kier molecular flexibility index (Phi) is 41.4. The maximum atomic E-state index is 6.79. The molecular weight excluding hydrogens is 749 g/mol. The topological polar surface area (TPSA) is 0 Å². The van der Waals surface area contributed by atoms with Crippen molar-refractivity contribution in [2.45, 2.75) is 126 Å². The van der Waals surface area contributed by atoms with Crippen LogP contribution in [0, 0.1) is 31.6 Å². The van der Waals surface area contributed by atoms with E-state index in [1.807, 2.05) is 61.5 Å². The molecule has 3 heteroatoms. The van der Waals surface area contributed by atoms with E-state index in [-0.39, 0.29) is 36.9 Å². The van der Waals surface area contributed by atoms with E-state index in [0.717, 1.165) is 11.1 Å². The van der Waals surface area contributed by atoms with E-state index in [0.29, 0.717) is 0 Å². The number of unbranched alkanes of at least 4 members (excludes halogenated alkanes) is 6. The average Bonchev–Trinajstić information content (AvgIpc) is 3.05. The molecule has 2 rings (SSSR count). The molecule has 0 unspecified atom stereocenters. The fourth-order valence-electron chi connectivity index (χ4n) is 4.55. The van der Waals surface area contributed by atoms with Gasteiger partial charge >= 0.3 is 21.1 Å². The Morgan fingerprint density at radius 1 is 0.477 bits per heavy atom. The summed E-state index contributed by atoms with van der Waals surface area (Å²) in [6.07, 6.45) is 40.3. The first-order chi connectivity index (χ1) is 20.9. The maximum Gasteiger partial charge on any atom is 2.00 e. The van der Waals surface area contributed by atoms with Crippen molar-refractivity contribution in [2.75, 3.05) is 37.0 Å². The molecule has 0 saturated heterocycles. The first kappa shape index (κ1) is 47.5. The van der Waals surface area contributed by atoms with E-state index in [2.05, 4.69) is 53.4 Å². The molecular formula is C41H68P2Pt+2. The second-order valence-corrected chi connectivity index (χ2v) is 17.6. The van der Waals surface area contributed by atoms with Crippen LogP contribution >= 0.6 is 15.8 Å². The third-order valence-electron chi connectivity index (χ3n) is 7.38. The van der Waals surface area contributed by atoms with Gasteiger partial charge in [-0.25, -0.2) is 0 Å². The average molecular weight is 818 g/mol. The van der Waals surface area contributed by atoms with Gasteiger partial charge in [0.2, 0.25) is 0 Å². The van der Waals surface area contributed by atoms with Gasteiger partial charge in [-0.05, 0) is 45.4 Å². The van der Waals surface area contributed by atoms with Crippen LogP contribution in [0.5, 0.6) is 0 Å². The van der Waals surface area contributed by atoms with Gasteiger partial charge < -0.3 is 12.8 Å². The molecule has 44 heavy (non-hydrogen) atoms. The Hall–Kier alpha value is -0.892. The molecule has 0 aliphatic heterocycles. The molecule has 0 atom stereocenters. The first-order valence-corrected chi connectivity index (χ1v) is 21.8. The summed E-state index contributed by atoms with van der Waals surface area (Å²) < 4.78 is 0. The van der Waals surface area contributed by atoms with E-state index >= 15 is 0 Å². The Balaban J connectivity index is -0.000000514. The van der Waals surface area contributed by atoms with Crippen molar-refractivity contribution in [3.8, 4) is 11.8 Å². The van der Waals surface area contributed by atoms with Crippen LogP contribution in [-0.2, 0) is 21.1 Å². The summed E-state index contributed by atoms with van der Waals surface area (Å²) in [5, 5.41) is 0. The molecule has 2 aromatic rings. The van der Waals surface area contributed by atoms with Crippen LogP contribution in [0.25, 0.3) is 0 Å². The predicted molar refractivity (Wildman–Crippen MR) is 205 cm³/mol. The van der Waals surface area contributed by atoms with Crippen LogP contribution in [0.4, 0.5) is 0 Å². The van der Waals surface area contributed by atoms with Gasteiger partial charge in [0.05, 0.1) is 37.0 Å². The Labute approximate surface area is 293 Å². The van der Waals surface area contributed by atoms with Crippen molar-refractivity contribution >= 4 is 15.8 Å². The van der Waals surface area contributed by atoms with Gasteiger partial charge in [0, 0.05) is 15.8 Å². The van der Waals surface area contributed by atoms with E-state index < -0.39 is 0 Å². The minimum atomic E-state index is 0. The fourth-order valence-corrected chi connectivity index (χ4v) is 11.2. The molecule has 0 aliphatic carbocycles. The van der Waals surface area contributed by atoms with E-state index in [1.165, 1.54) is 82.6 Å². The summed E-state index contributed by atoms with van der Waals surface area (Å²) in [4.78, 5) is 0. The van der Waals surface area contributed by atoms with Crippen LogP contribution < -0.4 is 0 Å². The summed E-state index contributed by atoms with van der Waals surface area (Å²) >= 11 is 0. The Morgan fingerprint density at radius 2 is 0.795 bits per heavy atom. The summed E-state index contributed by atoms with van der Waals surface area (Å²) in [7, 11) is 0.135. The number of hydrogen-bond donors (Lipinski definition) is 0. The quantitative estimate of drug-likeness (QED) is 0.0799. The van der Waals surface area contributed by atoms with Crippen molar-refractivity contribution in [1.82, 2.24) is 0 Å². The molecule has 0 aromatic heterocycles. The van der Waals surface area contributed by atoms with Gasteiger partial charge in [-0.3, -0.25) is 11.8 Å². The van der Waals surface area contributed by atoms with Crippen molar-refractivity contribution in [3.05, 3.63) is 84.1 Å². The number of benzene rings is 2. The molecule has 0 radical (unpaired) electrons. The molecule has 0 N–H and O–H groups in total. The minimum Gasteiger partial charge on any atom is -0.366 e. The molecule has 0 bridgehead atoms. The number of rotatable bonds is 18. The summed E-state index contributed by atoms with van der Waals surface area (Å²) in [6, 6.07) is 17.1. The largest absolute Gasteiger partial charge is 2.00 e. The summed E-state index contributed by atoms with van der Waals surface area (Å²) in [5.74, 6) is 4.59. The third-order valence-corrected chi connectivity index (χ3v) is 13.7. The van der Waals surface area contributed by atoms with Crippen molar-refractivity contribution < 1.29 is 21.1 Å². The second-order valence-electron chi connectivity index (χ2n) is 11.6. The van der Waals surface area contributed by atoms with Crippen LogP contribution in [0.3, 0.4) is 0 Å². The molecule has 0 heterocycles. The van der Waals surface area contributed by atoms with Gasteiger partial charge in [-0.2, -0.15) is 0 Å². The second kappa shape index (κ2) is 38.3. The molecule has 0 aliphatic rings. The SMILES string of the molecule is CCCC[PH+](CCCC)CCCC.CCCC[PH+](CCCC)CCCC.[C-]#Cc1cccc(C)c1.[C-]#Cc1ccccc1.[Pt+2]. The van der Waals surface area contributed by atoms with Crippen molar-refractivity contribution in [2.24, 2.45) is 0 Å². The maximum absolute atomic E-state index is 6.79. The van der Waals surface area contributed by atoms with Crippen LogP contribution in [0.1, 0.15) is 135 Å². The van der Waals surface area contributed by atoms with E-state index in [4.69, 9.17) is 12.8 Å². The van der Waals surface area contributed by atoms with Gasteiger partial charge in [0.15, 0.2) is 0 Å². The molecule has 0 fully saturated rings. The number of aryl methyl sites for hydroxylation is 1. The van der Waals surface area contributed by atoms with Crippen LogP contribution in [0.2, 0.25) is 0 Å². The molecule has 0 saturated carbocycles. The van der Waals surface area contributed by atoms with Gasteiger partial charge in [0.25, 0.3) is 0 Å². The zero-order valence-electron chi connectivity index (χ0n) is 29.7. The summed E-state index contributed by atoms with van der Waals surface area (Å²) in [5.41, 5.74) is 2.84. The van der Waals surface area contributed by atoms with Crippen molar-refractivity contribution in [3.63, 3.8) is 0 Å². The molecule has 0 spiro atoms. The Morgan fingerprint density at radius 3 is 1.02 bits per heavy atom. The van der Waals surface area contributed by atoms with Crippen LogP contribution in [0.15, 0.2) is 54.6 Å². The van der Waals surface area contributed by atoms with Gasteiger partial charge in [-0.15, -0.1) is 35.4 Å². The number of hydrogen-bond acceptors (Lipinski definition) is 0. The van der Waals surface area contributed by atoms with Crippen LogP contribution in [-0.4, -0.2) is 37.0 Å². The van der Waals surface area contributed by atoms with Crippen molar-refractivity contribution in [1.29, 1.82) is 0 Å². The zero-order chi connectivity index (χ0) is 32.4. The fraction of sp³-hybridized carbons (Fsp3) is 0.610. The molecule has 0 amide bonds. The first-order valence-electron chi connectivity index (χ1n) is 17.6. The molecule has 2 aromatic carbocycles. The third kappa shape index (κ3) is 32.5.